The first-order valence-electron chi connectivity index (χ1n) is 7.86. The van der Waals surface area contributed by atoms with E-state index in [-0.39, 0.29) is 0 Å². The fraction of sp³-hybridized carbons (Fsp3) is 0.733. The van der Waals surface area contributed by atoms with Crippen LogP contribution in [0, 0.1) is 0 Å². The standard InChI is InChI=1S/C15H24ClN5/c1-5-12-14-15(19(4)18-12)21(13(9-16)17-14)20-10(2)7-6-8-11(20)3/h10-11H,5-9H2,1-4H3. The summed E-state index contributed by atoms with van der Waals surface area (Å²) in [7, 11) is 2.00. The van der Waals surface area contributed by atoms with E-state index in [1.54, 1.807) is 0 Å². The molecule has 0 radical (unpaired) electrons. The lowest BCUT2D eigenvalue weighted by Crippen LogP contribution is -2.51. The summed E-state index contributed by atoms with van der Waals surface area (Å²) >= 11 is 6.18. The van der Waals surface area contributed by atoms with Crippen LogP contribution in [0.15, 0.2) is 0 Å². The minimum absolute atomic E-state index is 0.424. The second-order valence-corrected chi connectivity index (χ2v) is 6.35. The minimum atomic E-state index is 0.424. The lowest BCUT2D eigenvalue weighted by atomic mass is 10.00. The van der Waals surface area contributed by atoms with E-state index in [1.807, 2.05) is 11.7 Å². The van der Waals surface area contributed by atoms with Crippen LogP contribution in [-0.2, 0) is 19.3 Å². The highest BCUT2D eigenvalue weighted by Gasteiger charge is 2.30. The molecule has 2 aromatic rings. The van der Waals surface area contributed by atoms with Gasteiger partial charge in [0, 0.05) is 19.1 Å². The summed E-state index contributed by atoms with van der Waals surface area (Å²) in [5.41, 5.74) is 3.12. The Bertz CT molecular complexity index is 634. The Hall–Kier alpha value is -1.23. The van der Waals surface area contributed by atoms with Crippen LogP contribution in [0.2, 0.25) is 0 Å². The fourth-order valence-electron chi connectivity index (χ4n) is 3.58. The van der Waals surface area contributed by atoms with Gasteiger partial charge in [0.2, 0.25) is 0 Å². The van der Waals surface area contributed by atoms with E-state index in [0.29, 0.717) is 18.0 Å². The van der Waals surface area contributed by atoms with Gasteiger partial charge < -0.3 is 5.01 Å². The number of rotatable bonds is 3. The molecule has 2 atom stereocenters. The van der Waals surface area contributed by atoms with Crippen LogP contribution in [0.25, 0.3) is 11.2 Å². The van der Waals surface area contributed by atoms with Crippen LogP contribution in [0.4, 0.5) is 0 Å². The molecule has 3 heterocycles. The third-order valence-corrected chi connectivity index (χ3v) is 4.82. The molecule has 0 aliphatic carbocycles. The van der Waals surface area contributed by atoms with Crippen LogP contribution in [0.3, 0.4) is 0 Å². The summed E-state index contributed by atoms with van der Waals surface area (Å²) in [5.74, 6) is 1.35. The highest BCUT2D eigenvalue weighted by molar-refractivity contribution is 6.16. The molecule has 0 amide bonds. The van der Waals surface area contributed by atoms with E-state index in [9.17, 15) is 0 Å². The lowest BCUT2D eigenvalue weighted by Gasteiger charge is -2.41. The molecule has 5 nitrogen and oxygen atoms in total. The first-order chi connectivity index (χ1) is 10.1. The number of nitrogens with zero attached hydrogens (tertiary/aromatic N) is 5. The average Bonchev–Trinajstić information content (AvgIpc) is 2.97. The van der Waals surface area contributed by atoms with E-state index in [2.05, 4.69) is 35.6 Å². The van der Waals surface area contributed by atoms with Crippen molar-refractivity contribution < 1.29 is 0 Å². The van der Waals surface area contributed by atoms with Gasteiger partial charge in [0.25, 0.3) is 0 Å². The topological polar surface area (TPSA) is 38.9 Å². The Labute approximate surface area is 130 Å². The highest BCUT2D eigenvalue weighted by atomic mass is 35.5. The van der Waals surface area contributed by atoms with Crippen molar-refractivity contribution in [3.05, 3.63) is 11.5 Å². The number of hydrogen-bond acceptors (Lipinski definition) is 3. The first-order valence-corrected chi connectivity index (χ1v) is 8.39. The summed E-state index contributed by atoms with van der Waals surface area (Å²) in [6.45, 7) is 6.69. The van der Waals surface area contributed by atoms with E-state index in [1.165, 1.54) is 19.3 Å². The molecule has 1 aliphatic heterocycles. The minimum Gasteiger partial charge on any atom is -0.304 e. The van der Waals surface area contributed by atoms with Crippen molar-refractivity contribution >= 4 is 22.8 Å². The van der Waals surface area contributed by atoms with Crippen molar-refractivity contribution in [3.63, 3.8) is 0 Å². The number of aromatic nitrogens is 4. The Morgan fingerprint density at radius 1 is 1.24 bits per heavy atom. The van der Waals surface area contributed by atoms with Crippen molar-refractivity contribution in [1.82, 2.24) is 19.4 Å². The van der Waals surface area contributed by atoms with Gasteiger partial charge in [-0.15, -0.1) is 11.6 Å². The molecule has 2 unspecified atom stereocenters. The van der Waals surface area contributed by atoms with E-state index in [0.717, 1.165) is 29.1 Å². The average molecular weight is 310 g/mol. The number of alkyl halides is 1. The number of fused-ring (bicyclic) bond motifs is 1. The molecule has 0 N–H and O–H groups in total. The summed E-state index contributed by atoms with van der Waals surface area (Å²) in [6.07, 6.45) is 4.61. The molecular weight excluding hydrogens is 286 g/mol. The molecule has 0 saturated carbocycles. The van der Waals surface area contributed by atoms with Gasteiger partial charge in [-0.2, -0.15) is 5.10 Å². The van der Waals surface area contributed by atoms with Crippen LogP contribution in [-0.4, -0.2) is 31.5 Å². The van der Waals surface area contributed by atoms with Gasteiger partial charge in [-0.1, -0.05) is 6.92 Å². The maximum Gasteiger partial charge on any atom is 0.177 e. The van der Waals surface area contributed by atoms with E-state index < -0.39 is 0 Å². The largest absolute Gasteiger partial charge is 0.304 e. The van der Waals surface area contributed by atoms with E-state index >= 15 is 0 Å². The monoisotopic (exact) mass is 309 g/mol. The molecule has 0 aromatic carbocycles. The second kappa shape index (κ2) is 5.52. The van der Waals surface area contributed by atoms with Gasteiger partial charge >= 0.3 is 0 Å². The Morgan fingerprint density at radius 2 is 1.90 bits per heavy atom. The lowest BCUT2D eigenvalue weighted by molar-refractivity contribution is 0.335. The first kappa shape index (κ1) is 14.7. The van der Waals surface area contributed by atoms with Gasteiger partial charge in [0.05, 0.1) is 11.6 Å². The third-order valence-electron chi connectivity index (χ3n) is 4.58. The third kappa shape index (κ3) is 2.22. The molecule has 6 heteroatoms. The molecule has 21 heavy (non-hydrogen) atoms. The van der Waals surface area contributed by atoms with Crippen LogP contribution < -0.4 is 5.01 Å². The molecular formula is C15H24ClN5. The van der Waals surface area contributed by atoms with Crippen molar-refractivity contribution in [2.45, 2.75) is 64.4 Å². The summed E-state index contributed by atoms with van der Waals surface area (Å²) < 4.78 is 4.17. The maximum atomic E-state index is 6.18. The Morgan fingerprint density at radius 3 is 2.48 bits per heavy atom. The smallest absolute Gasteiger partial charge is 0.177 e. The van der Waals surface area contributed by atoms with Crippen molar-refractivity contribution in [3.8, 4) is 0 Å². The number of imidazole rings is 1. The number of hydrogen-bond donors (Lipinski definition) is 0. The summed E-state index contributed by atoms with van der Waals surface area (Å²) in [6, 6.07) is 0.987. The zero-order valence-corrected chi connectivity index (χ0v) is 14.1. The van der Waals surface area contributed by atoms with Crippen LogP contribution >= 0.6 is 11.6 Å². The zero-order chi connectivity index (χ0) is 15.1. The predicted molar refractivity (Wildman–Crippen MR) is 86.4 cm³/mol. The number of halogens is 1. The second-order valence-electron chi connectivity index (χ2n) is 6.08. The van der Waals surface area contributed by atoms with Gasteiger partial charge in [0.1, 0.15) is 11.3 Å². The molecule has 3 rings (SSSR count). The molecule has 116 valence electrons. The van der Waals surface area contributed by atoms with Crippen LogP contribution in [0.1, 0.15) is 51.6 Å². The SMILES string of the molecule is CCc1nn(C)c2c1nc(CCl)n2N1C(C)CCCC1C. The molecule has 2 aromatic heterocycles. The van der Waals surface area contributed by atoms with Gasteiger partial charge in [-0.25, -0.2) is 14.3 Å². The van der Waals surface area contributed by atoms with Crippen molar-refractivity contribution in [2.75, 3.05) is 5.01 Å². The predicted octanol–water partition coefficient (Wildman–Crippen LogP) is 2.97. The van der Waals surface area contributed by atoms with Gasteiger partial charge in [-0.3, -0.25) is 0 Å². The number of piperidine rings is 1. The highest BCUT2D eigenvalue weighted by Crippen LogP contribution is 2.27. The molecule has 1 aliphatic rings. The zero-order valence-electron chi connectivity index (χ0n) is 13.3. The Kier molecular flexibility index (Phi) is 3.86. The fourth-order valence-corrected chi connectivity index (χ4v) is 3.75. The molecule has 0 bridgehead atoms. The number of aryl methyl sites for hydroxylation is 2. The van der Waals surface area contributed by atoms with Crippen LogP contribution in [0.5, 0.6) is 0 Å². The molecule has 0 spiro atoms. The molecule has 1 fully saturated rings. The van der Waals surface area contributed by atoms with Gasteiger partial charge in [0.15, 0.2) is 5.65 Å². The van der Waals surface area contributed by atoms with Gasteiger partial charge in [-0.05, 0) is 39.5 Å². The Balaban J connectivity index is 2.22. The quantitative estimate of drug-likeness (QED) is 0.818. The summed E-state index contributed by atoms with van der Waals surface area (Å²) in [5, 5.41) is 7.05. The van der Waals surface area contributed by atoms with Crippen molar-refractivity contribution in [1.29, 1.82) is 0 Å². The normalized spacial score (nSPS) is 23.2. The van der Waals surface area contributed by atoms with E-state index in [4.69, 9.17) is 16.6 Å². The maximum absolute atomic E-state index is 6.18. The van der Waals surface area contributed by atoms with Crippen molar-refractivity contribution in [2.24, 2.45) is 7.05 Å². The summed E-state index contributed by atoms with van der Waals surface area (Å²) in [4.78, 5) is 4.77. The molecule has 1 saturated heterocycles.